The Labute approximate surface area is 178 Å². The molecule has 0 saturated carbocycles. The van der Waals surface area contributed by atoms with E-state index in [0.29, 0.717) is 21.1 Å². The van der Waals surface area contributed by atoms with E-state index in [-0.39, 0.29) is 17.4 Å². The lowest BCUT2D eigenvalue weighted by molar-refractivity contribution is -0.0699. The van der Waals surface area contributed by atoms with Gasteiger partial charge in [-0.15, -0.1) is 0 Å². The second-order valence-corrected chi connectivity index (χ2v) is 8.94. The molecular formula is C21H21Cl2N5O. The minimum absolute atomic E-state index is 0.0391. The third-order valence-electron chi connectivity index (χ3n) is 6.34. The van der Waals surface area contributed by atoms with Crippen LogP contribution in [0.4, 0.5) is 0 Å². The molecule has 0 bridgehead atoms. The van der Waals surface area contributed by atoms with Gasteiger partial charge in [0.25, 0.3) is 5.91 Å². The minimum Gasteiger partial charge on any atom is -0.334 e. The van der Waals surface area contributed by atoms with E-state index in [1.54, 1.807) is 6.07 Å². The minimum atomic E-state index is 0.0391. The van der Waals surface area contributed by atoms with Crippen LogP contribution in [0.5, 0.6) is 0 Å². The van der Waals surface area contributed by atoms with Crippen LogP contribution in [0.2, 0.25) is 10.0 Å². The van der Waals surface area contributed by atoms with Gasteiger partial charge in [0.1, 0.15) is 11.0 Å². The zero-order valence-corrected chi connectivity index (χ0v) is 17.3. The van der Waals surface area contributed by atoms with E-state index in [4.69, 9.17) is 23.2 Å². The highest BCUT2D eigenvalue weighted by atomic mass is 35.5. The number of carbonyl (C=O) groups is 1. The number of amides is 1. The molecule has 5 rings (SSSR count). The maximum Gasteiger partial charge on any atom is 0.254 e. The predicted octanol–water partition coefficient (Wildman–Crippen LogP) is 3.70. The molecule has 1 spiro atoms. The number of nitrogens with zero attached hydrogens (tertiary/aromatic N) is 3. The summed E-state index contributed by atoms with van der Waals surface area (Å²) in [5.74, 6) is 0.0391. The maximum absolute atomic E-state index is 13.4. The zero-order chi connectivity index (χ0) is 20.0. The number of piperidine rings is 1. The number of H-pyrrole nitrogens is 1. The number of hydrogen-bond acceptors (Lipinski definition) is 4. The lowest BCUT2D eigenvalue weighted by Crippen LogP contribution is -2.69. The van der Waals surface area contributed by atoms with Gasteiger partial charge in [-0.05, 0) is 74.3 Å². The molecule has 1 unspecified atom stereocenters. The van der Waals surface area contributed by atoms with Gasteiger partial charge in [-0.2, -0.15) is 15.4 Å². The standard InChI is InChI=1S/C21H21Cl2N5O/c22-15-7-13(8-16(23)11-15)9-19-21(3-5-24-6-4-21)12-28(19)20(29)14-1-2-17-18(10-14)26-27-25-17/h1-2,7-8,10-11,19,24H,3-6,9,12H2,(H,25,26,27). The Morgan fingerprint density at radius 1 is 1.07 bits per heavy atom. The van der Waals surface area contributed by atoms with Crippen molar-refractivity contribution < 1.29 is 4.79 Å². The fourth-order valence-electron chi connectivity index (χ4n) is 4.82. The van der Waals surface area contributed by atoms with Crippen LogP contribution in [0.15, 0.2) is 36.4 Å². The van der Waals surface area contributed by atoms with E-state index in [1.807, 2.05) is 35.2 Å². The monoisotopic (exact) mass is 429 g/mol. The molecule has 0 radical (unpaired) electrons. The van der Waals surface area contributed by atoms with Crippen molar-refractivity contribution in [3.8, 4) is 0 Å². The summed E-state index contributed by atoms with van der Waals surface area (Å²) in [7, 11) is 0. The van der Waals surface area contributed by atoms with Crippen LogP contribution < -0.4 is 5.32 Å². The SMILES string of the molecule is O=C(c1ccc2n[nH]nc2c1)N1CC2(CCNCC2)C1Cc1cc(Cl)cc(Cl)c1. The van der Waals surface area contributed by atoms with Crippen LogP contribution in [-0.4, -0.2) is 51.9 Å². The molecule has 3 heterocycles. The van der Waals surface area contributed by atoms with Gasteiger partial charge in [-0.3, -0.25) is 4.79 Å². The molecule has 3 aromatic rings. The van der Waals surface area contributed by atoms with Crippen molar-refractivity contribution in [1.82, 2.24) is 25.6 Å². The summed E-state index contributed by atoms with van der Waals surface area (Å²) in [6, 6.07) is 11.2. The maximum atomic E-state index is 13.4. The van der Waals surface area contributed by atoms with Gasteiger partial charge in [-0.25, -0.2) is 0 Å². The van der Waals surface area contributed by atoms with Crippen molar-refractivity contribution in [3.05, 3.63) is 57.6 Å². The number of nitrogens with one attached hydrogen (secondary N) is 2. The van der Waals surface area contributed by atoms with Crippen molar-refractivity contribution in [2.24, 2.45) is 5.41 Å². The summed E-state index contributed by atoms with van der Waals surface area (Å²) in [5.41, 5.74) is 3.31. The highest BCUT2D eigenvalue weighted by Gasteiger charge is 2.54. The van der Waals surface area contributed by atoms with E-state index in [0.717, 1.165) is 50.0 Å². The second kappa shape index (κ2) is 7.27. The summed E-state index contributed by atoms with van der Waals surface area (Å²) < 4.78 is 0. The average molecular weight is 430 g/mol. The smallest absolute Gasteiger partial charge is 0.254 e. The van der Waals surface area contributed by atoms with E-state index in [2.05, 4.69) is 20.7 Å². The molecule has 8 heteroatoms. The van der Waals surface area contributed by atoms with Gasteiger partial charge in [-0.1, -0.05) is 23.2 Å². The third kappa shape index (κ3) is 3.39. The molecule has 2 fully saturated rings. The summed E-state index contributed by atoms with van der Waals surface area (Å²) in [6.07, 6.45) is 2.88. The number of hydrogen-bond donors (Lipinski definition) is 2. The lowest BCUT2D eigenvalue weighted by Gasteiger charge is -2.59. The molecule has 2 saturated heterocycles. The van der Waals surface area contributed by atoms with Crippen LogP contribution in [-0.2, 0) is 6.42 Å². The van der Waals surface area contributed by atoms with Crippen molar-refractivity contribution in [1.29, 1.82) is 0 Å². The fraction of sp³-hybridized carbons (Fsp3) is 0.381. The number of aromatic amines is 1. The Kier molecular flexibility index (Phi) is 4.73. The predicted molar refractivity (Wildman–Crippen MR) is 113 cm³/mol. The summed E-state index contributed by atoms with van der Waals surface area (Å²) in [5, 5.41) is 15.5. The molecule has 6 nitrogen and oxygen atoms in total. The average Bonchev–Trinajstić information content (AvgIpc) is 3.18. The number of aromatic nitrogens is 3. The summed E-state index contributed by atoms with van der Waals surface area (Å²) in [4.78, 5) is 15.4. The van der Waals surface area contributed by atoms with Crippen molar-refractivity contribution in [2.75, 3.05) is 19.6 Å². The van der Waals surface area contributed by atoms with Crippen molar-refractivity contribution in [2.45, 2.75) is 25.3 Å². The normalized spacial score (nSPS) is 20.8. The molecule has 2 N–H and O–H groups in total. The molecule has 1 amide bonds. The number of rotatable bonds is 3. The molecule has 2 aromatic carbocycles. The molecule has 1 aromatic heterocycles. The fourth-order valence-corrected chi connectivity index (χ4v) is 5.39. The first-order valence-electron chi connectivity index (χ1n) is 9.81. The van der Waals surface area contributed by atoms with E-state index < -0.39 is 0 Å². The third-order valence-corrected chi connectivity index (χ3v) is 6.78. The van der Waals surface area contributed by atoms with Crippen LogP contribution in [0.1, 0.15) is 28.8 Å². The van der Waals surface area contributed by atoms with Crippen molar-refractivity contribution in [3.63, 3.8) is 0 Å². The van der Waals surface area contributed by atoms with Gasteiger partial charge < -0.3 is 10.2 Å². The Morgan fingerprint density at radius 3 is 2.55 bits per heavy atom. The number of fused-ring (bicyclic) bond motifs is 1. The number of halogens is 2. The van der Waals surface area contributed by atoms with Gasteiger partial charge in [0.05, 0.1) is 0 Å². The van der Waals surface area contributed by atoms with E-state index in [9.17, 15) is 4.79 Å². The van der Waals surface area contributed by atoms with Gasteiger partial charge in [0, 0.05) is 33.6 Å². The van der Waals surface area contributed by atoms with Crippen LogP contribution in [0, 0.1) is 5.41 Å². The zero-order valence-electron chi connectivity index (χ0n) is 15.8. The van der Waals surface area contributed by atoms with Crippen molar-refractivity contribution >= 4 is 40.1 Å². The lowest BCUT2D eigenvalue weighted by atomic mass is 9.63. The number of benzene rings is 2. The topological polar surface area (TPSA) is 73.9 Å². The molecular weight excluding hydrogens is 409 g/mol. The first-order chi connectivity index (χ1) is 14.0. The van der Waals surface area contributed by atoms with Crippen LogP contribution >= 0.6 is 23.2 Å². The molecule has 29 heavy (non-hydrogen) atoms. The van der Waals surface area contributed by atoms with E-state index in [1.165, 1.54) is 0 Å². The Balaban J connectivity index is 1.45. The first-order valence-corrected chi connectivity index (χ1v) is 10.6. The Morgan fingerprint density at radius 2 is 1.79 bits per heavy atom. The molecule has 2 aliphatic heterocycles. The largest absolute Gasteiger partial charge is 0.334 e. The highest BCUT2D eigenvalue weighted by molar-refractivity contribution is 6.34. The van der Waals surface area contributed by atoms with Gasteiger partial charge >= 0.3 is 0 Å². The van der Waals surface area contributed by atoms with E-state index >= 15 is 0 Å². The quantitative estimate of drug-likeness (QED) is 0.665. The summed E-state index contributed by atoms with van der Waals surface area (Å²) in [6.45, 7) is 2.75. The molecule has 1 atom stereocenters. The Bertz CT molecular complexity index is 1060. The van der Waals surface area contributed by atoms with Crippen LogP contribution in [0.25, 0.3) is 11.0 Å². The highest BCUT2D eigenvalue weighted by Crippen LogP contribution is 2.47. The van der Waals surface area contributed by atoms with Gasteiger partial charge in [0.2, 0.25) is 0 Å². The Hall–Kier alpha value is -2.15. The van der Waals surface area contributed by atoms with Crippen LogP contribution in [0.3, 0.4) is 0 Å². The summed E-state index contributed by atoms with van der Waals surface area (Å²) >= 11 is 12.4. The number of carbonyl (C=O) groups excluding carboxylic acids is 1. The molecule has 2 aliphatic rings. The first kappa shape index (κ1) is 18.9. The number of likely N-dealkylation sites (tertiary alicyclic amines) is 1. The van der Waals surface area contributed by atoms with Gasteiger partial charge in [0.15, 0.2) is 0 Å². The second-order valence-electron chi connectivity index (χ2n) is 8.07. The molecule has 0 aliphatic carbocycles. The molecule has 150 valence electrons.